The van der Waals surface area contributed by atoms with Gasteiger partial charge in [-0.25, -0.2) is 4.52 Å². The summed E-state index contributed by atoms with van der Waals surface area (Å²) >= 11 is 0. The molecule has 0 aliphatic heterocycles. The zero-order valence-electron chi connectivity index (χ0n) is 3.95. The molecule has 0 aromatic carbocycles. The van der Waals surface area contributed by atoms with Gasteiger partial charge in [0.15, 0.2) is 8.03 Å². The summed E-state index contributed by atoms with van der Waals surface area (Å²) in [5.74, 6) is 0. The molecule has 0 radical (unpaired) electrons. The largest absolute Gasteiger partial charge is 0.527 e. The minimum atomic E-state index is -4.75. The number of halogens is 3. The molecule has 0 aliphatic rings. The van der Waals surface area contributed by atoms with E-state index in [-0.39, 0.29) is 0 Å². The van der Waals surface area contributed by atoms with Gasteiger partial charge in [0, 0.05) is 6.66 Å². The first-order valence-electron chi connectivity index (χ1n) is 1.68. The Kier molecular flexibility index (Phi) is 2.50. The first-order chi connectivity index (χ1) is 3.42. The zero-order valence-corrected chi connectivity index (χ0v) is 4.95. The maximum absolute atomic E-state index is 10.9. The lowest BCUT2D eigenvalue weighted by molar-refractivity contribution is -0.271. The third kappa shape index (κ3) is 5.98. The van der Waals surface area contributed by atoms with Gasteiger partial charge in [0.05, 0.1) is 0 Å². The van der Waals surface area contributed by atoms with E-state index < -0.39 is 14.4 Å². The fourth-order valence-electron chi connectivity index (χ4n) is 0.163. The van der Waals surface area contributed by atoms with Crippen LogP contribution in [0.2, 0.25) is 0 Å². The maximum Gasteiger partial charge on any atom is 0.527 e. The van der Waals surface area contributed by atoms with Crippen molar-refractivity contribution in [3.05, 3.63) is 0 Å². The molecule has 0 rings (SSSR count). The molecule has 0 aromatic heterocycles. The molecule has 0 aromatic rings. The Hall–Kier alpha value is -0.0200. The highest BCUT2D eigenvalue weighted by Gasteiger charge is 2.30. The quantitative estimate of drug-likeness (QED) is 0.528. The van der Waals surface area contributed by atoms with Crippen LogP contribution < -0.4 is 0 Å². The summed E-state index contributed by atoms with van der Waals surface area (Å²) < 4.78 is 45.4. The number of hydrogen-bond acceptors (Lipinski definition) is 2. The van der Waals surface area contributed by atoms with Crippen molar-refractivity contribution in [3.63, 3.8) is 0 Å². The molecule has 2 nitrogen and oxygen atoms in total. The molecule has 0 N–H and O–H groups in total. The highest BCUT2D eigenvalue weighted by atomic mass is 31.1. The second-order valence-corrected chi connectivity index (χ2v) is 2.23. The Morgan fingerprint density at radius 3 is 1.88 bits per heavy atom. The molecular formula is C2H4F3O2P. The predicted octanol–water partition coefficient (Wildman–Crippen LogP) is 1.63. The van der Waals surface area contributed by atoms with Gasteiger partial charge >= 0.3 is 6.36 Å². The van der Waals surface area contributed by atoms with Crippen LogP contribution in [0.3, 0.4) is 0 Å². The molecule has 0 amide bonds. The Morgan fingerprint density at radius 1 is 1.50 bits per heavy atom. The topological polar surface area (TPSA) is 26.3 Å². The van der Waals surface area contributed by atoms with E-state index in [4.69, 9.17) is 0 Å². The molecule has 1 atom stereocenters. The van der Waals surface area contributed by atoms with Crippen LogP contribution in [-0.4, -0.2) is 13.0 Å². The molecule has 0 heterocycles. The second-order valence-electron chi connectivity index (χ2n) is 1.04. The molecule has 50 valence electrons. The third-order valence-corrected chi connectivity index (χ3v) is 0.778. The minimum Gasteiger partial charge on any atom is -0.296 e. The smallest absolute Gasteiger partial charge is 0.296 e. The highest BCUT2D eigenvalue weighted by molar-refractivity contribution is 7.38. The SMILES string of the molecule is C[PH](=O)OC(F)(F)F. The van der Waals surface area contributed by atoms with Gasteiger partial charge < -0.3 is 0 Å². The van der Waals surface area contributed by atoms with Gasteiger partial charge in [-0.1, -0.05) is 0 Å². The van der Waals surface area contributed by atoms with Crippen LogP contribution in [0.25, 0.3) is 0 Å². The Balaban J connectivity index is 3.55. The van der Waals surface area contributed by atoms with E-state index in [1.807, 2.05) is 0 Å². The summed E-state index contributed by atoms with van der Waals surface area (Å²) in [6, 6.07) is 0. The van der Waals surface area contributed by atoms with Gasteiger partial charge in [-0.3, -0.25) is 4.57 Å². The first-order valence-corrected chi connectivity index (χ1v) is 3.50. The van der Waals surface area contributed by atoms with E-state index in [1.165, 1.54) is 0 Å². The average molecular weight is 148 g/mol. The van der Waals surface area contributed by atoms with Crippen molar-refractivity contribution in [2.75, 3.05) is 6.66 Å². The lowest BCUT2D eigenvalue weighted by atomic mass is 11.4. The predicted molar refractivity (Wildman–Crippen MR) is 22.1 cm³/mol. The van der Waals surface area contributed by atoms with Gasteiger partial charge in [0.1, 0.15) is 0 Å². The fraction of sp³-hybridized carbons (Fsp3) is 1.00. The molecule has 0 spiro atoms. The van der Waals surface area contributed by atoms with Crippen LogP contribution in [0.5, 0.6) is 0 Å². The summed E-state index contributed by atoms with van der Waals surface area (Å²) in [6.45, 7) is 0.873. The molecule has 6 heteroatoms. The zero-order chi connectivity index (χ0) is 6.78. The van der Waals surface area contributed by atoms with Crippen LogP contribution in [-0.2, 0) is 9.09 Å². The van der Waals surface area contributed by atoms with Gasteiger partial charge in [-0.15, -0.1) is 13.2 Å². The van der Waals surface area contributed by atoms with Crippen molar-refractivity contribution < 1.29 is 22.3 Å². The molecule has 0 saturated heterocycles. The molecular weight excluding hydrogens is 144 g/mol. The summed E-state index contributed by atoms with van der Waals surface area (Å²) in [6.07, 6.45) is -4.75. The Bertz CT molecular complexity index is 97.9. The van der Waals surface area contributed by atoms with Crippen LogP contribution in [0, 0.1) is 0 Å². The lowest BCUT2D eigenvalue weighted by Crippen LogP contribution is -2.06. The Morgan fingerprint density at radius 2 is 1.88 bits per heavy atom. The van der Waals surface area contributed by atoms with Crippen molar-refractivity contribution in [2.24, 2.45) is 0 Å². The molecule has 0 saturated carbocycles. The standard InChI is InChI=1S/C2H4F3O2P/c1-8(6)7-2(3,4)5/h8H,1H3. The van der Waals surface area contributed by atoms with Gasteiger partial charge in [0.2, 0.25) is 0 Å². The van der Waals surface area contributed by atoms with E-state index in [1.54, 1.807) is 0 Å². The molecule has 0 bridgehead atoms. The van der Waals surface area contributed by atoms with Crippen LogP contribution in [0.15, 0.2) is 0 Å². The van der Waals surface area contributed by atoms with E-state index in [0.29, 0.717) is 0 Å². The van der Waals surface area contributed by atoms with Gasteiger partial charge in [-0.2, -0.15) is 0 Å². The summed E-state index contributed by atoms with van der Waals surface area (Å²) in [5.41, 5.74) is 0. The molecule has 1 unspecified atom stereocenters. The molecule has 0 aliphatic carbocycles. The van der Waals surface area contributed by atoms with Crippen molar-refractivity contribution in [3.8, 4) is 0 Å². The van der Waals surface area contributed by atoms with E-state index in [0.717, 1.165) is 6.66 Å². The van der Waals surface area contributed by atoms with E-state index in [9.17, 15) is 17.7 Å². The van der Waals surface area contributed by atoms with Crippen molar-refractivity contribution in [2.45, 2.75) is 6.36 Å². The summed E-state index contributed by atoms with van der Waals surface area (Å²) in [7, 11) is -2.87. The average Bonchev–Trinajstić information content (AvgIpc) is 1.21. The first kappa shape index (κ1) is 7.98. The number of rotatable bonds is 1. The van der Waals surface area contributed by atoms with Crippen LogP contribution in [0.4, 0.5) is 13.2 Å². The highest BCUT2D eigenvalue weighted by Crippen LogP contribution is 2.29. The van der Waals surface area contributed by atoms with Gasteiger partial charge in [-0.05, 0) is 0 Å². The van der Waals surface area contributed by atoms with Crippen molar-refractivity contribution >= 4 is 8.03 Å². The normalized spacial score (nSPS) is 16.0. The monoisotopic (exact) mass is 148 g/mol. The van der Waals surface area contributed by atoms with Crippen LogP contribution in [0.1, 0.15) is 0 Å². The number of hydrogen-bond donors (Lipinski definition) is 0. The van der Waals surface area contributed by atoms with Gasteiger partial charge in [0.25, 0.3) is 0 Å². The molecule has 0 fully saturated rings. The minimum absolute atomic E-state index is 0.873. The summed E-state index contributed by atoms with van der Waals surface area (Å²) in [4.78, 5) is 0. The maximum atomic E-state index is 10.9. The Labute approximate surface area is 44.5 Å². The lowest BCUT2D eigenvalue weighted by Gasteiger charge is -2.01. The van der Waals surface area contributed by atoms with E-state index >= 15 is 0 Å². The second kappa shape index (κ2) is 2.51. The number of alkyl halides is 3. The van der Waals surface area contributed by atoms with E-state index in [2.05, 4.69) is 4.52 Å². The fourth-order valence-corrected chi connectivity index (χ4v) is 0.489. The summed E-state index contributed by atoms with van der Waals surface area (Å²) in [5, 5.41) is 0. The van der Waals surface area contributed by atoms with Crippen LogP contribution >= 0.6 is 8.03 Å². The van der Waals surface area contributed by atoms with Crippen molar-refractivity contribution in [1.29, 1.82) is 0 Å². The molecule has 8 heavy (non-hydrogen) atoms. The van der Waals surface area contributed by atoms with Crippen molar-refractivity contribution in [1.82, 2.24) is 0 Å². The third-order valence-electron chi connectivity index (χ3n) is 0.259.